The number of amides is 1. The Hall–Kier alpha value is -3.27. The minimum absolute atomic E-state index is 0.0308. The molecule has 8 nitrogen and oxygen atoms in total. The molecule has 3 aromatic heterocycles. The van der Waals surface area contributed by atoms with Crippen LogP contribution < -0.4 is 5.32 Å². The number of nitrogens with zero attached hydrogens (tertiary/aromatic N) is 5. The molecule has 1 saturated heterocycles. The molecule has 1 spiro atoms. The van der Waals surface area contributed by atoms with Gasteiger partial charge in [-0.3, -0.25) is 9.48 Å². The number of aromatic nitrogens is 4. The van der Waals surface area contributed by atoms with Gasteiger partial charge in [0.1, 0.15) is 11.4 Å². The predicted molar refractivity (Wildman–Crippen MR) is 135 cm³/mol. The lowest BCUT2D eigenvalue weighted by Gasteiger charge is -2.45. The first-order valence-corrected chi connectivity index (χ1v) is 12.4. The molecule has 10 heteroatoms. The van der Waals surface area contributed by atoms with Gasteiger partial charge in [0, 0.05) is 35.8 Å². The Morgan fingerprint density at radius 2 is 2.09 bits per heavy atom. The number of carbonyl (C=O) groups is 1. The van der Waals surface area contributed by atoms with Gasteiger partial charge in [-0.05, 0) is 42.7 Å². The van der Waals surface area contributed by atoms with Gasteiger partial charge >= 0.3 is 0 Å². The van der Waals surface area contributed by atoms with Gasteiger partial charge in [0.25, 0.3) is 5.91 Å². The van der Waals surface area contributed by atoms with Crippen LogP contribution in [0, 0.1) is 13.8 Å². The van der Waals surface area contributed by atoms with Gasteiger partial charge in [0.05, 0.1) is 35.5 Å². The largest absolute Gasteiger partial charge is 0.376 e. The number of rotatable bonds is 5. The number of thiophene rings is 1. The summed E-state index contributed by atoms with van der Waals surface area (Å²) in [5.41, 5.74) is 4.05. The molecule has 178 valence electrons. The second-order valence-electron chi connectivity index (χ2n) is 9.00. The second-order valence-corrected chi connectivity index (χ2v) is 10.5. The molecule has 0 saturated carbocycles. The van der Waals surface area contributed by atoms with Crippen LogP contribution in [0.25, 0.3) is 10.6 Å². The molecule has 2 aliphatic rings. The first kappa shape index (κ1) is 22.2. The average Bonchev–Trinajstić information content (AvgIpc) is 3.43. The maximum atomic E-state index is 13.8. The van der Waals surface area contributed by atoms with Gasteiger partial charge < -0.3 is 15.0 Å². The molecular weight excluding hydrogens is 484 g/mol. The molecule has 1 aromatic carbocycles. The molecule has 35 heavy (non-hydrogen) atoms. The van der Waals surface area contributed by atoms with Crippen LogP contribution >= 0.6 is 22.9 Å². The second kappa shape index (κ2) is 8.15. The average molecular weight is 507 g/mol. The fourth-order valence-electron chi connectivity index (χ4n) is 4.74. The Labute approximate surface area is 211 Å². The Morgan fingerprint density at radius 1 is 1.26 bits per heavy atom. The quantitative estimate of drug-likeness (QED) is 0.417. The third-order valence-electron chi connectivity index (χ3n) is 6.70. The molecule has 1 N–H and O–H groups in total. The molecule has 6 rings (SSSR count). The van der Waals surface area contributed by atoms with Crippen molar-refractivity contribution < 1.29 is 9.53 Å². The van der Waals surface area contributed by atoms with E-state index in [1.807, 2.05) is 56.1 Å². The van der Waals surface area contributed by atoms with E-state index >= 15 is 0 Å². The third-order valence-corrected chi connectivity index (χ3v) is 8.43. The number of fused-ring (bicyclic) bond motifs is 2. The van der Waals surface area contributed by atoms with E-state index in [2.05, 4.69) is 15.4 Å². The van der Waals surface area contributed by atoms with E-state index in [0.29, 0.717) is 30.7 Å². The minimum Gasteiger partial charge on any atom is -0.376 e. The van der Waals surface area contributed by atoms with Gasteiger partial charge in [0.2, 0.25) is 5.95 Å². The first-order chi connectivity index (χ1) is 16.9. The van der Waals surface area contributed by atoms with E-state index < -0.39 is 5.54 Å². The van der Waals surface area contributed by atoms with Crippen molar-refractivity contribution in [2.45, 2.75) is 25.9 Å². The zero-order chi connectivity index (χ0) is 24.3. The molecule has 0 bridgehead atoms. The van der Waals surface area contributed by atoms with E-state index in [0.717, 1.165) is 43.5 Å². The molecule has 5 heterocycles. The number of halogens is 1. The smallest absolute Gasteiger partial charge is 0.256 e. The highest BCUT2D eigenvalue weighted by atomic mass is 35.5. The Balaban J connectivity index is 1.38. The van der Waals surface area contributed by atoms with Gasteiger partial charge in [-0.1, -0.05) is 23.7 Å². The number of anilines is 2. The summed E-state index contributed by atoms with van der Waals surface area (Å²) in [7, 11) is 1.85. The topological polar surface area (TPSA) is 85.2 Å². The Morgan fingerprint density at radius 3 is 2.77 bits per heavy atom. The lowest BCUT2D eigenvalue weighted by Crippen LogP contribution is -2.56. The fourth-order valence-corrected chi connectivity index (χ4v) is 6.48. The maximum Gasteiger partial charge on any atom is 0.256 e. The summed E-state index contributed by atoms with van der Waals surface area (Å²) >= 11 is 7.84. The normalized spacial score (nSPS) is 16.0. The van der Waals surface area contributed by atoms with Gasteiger partial charge in [-0.2, -0.15) is 5.10 Å². The molecule has 1 fully saturated rings. The zero-order valence-corrected chi connectivity index (χ0v) is 21.1. The van der Waals surface area contributed by atoms with Crippen LogP contribution in [0.4, 0.5) is 11.8 Å². The minimum atomic E-state index is -0.445. The van der Waals surface area contributed by atoms with E-state index in [1.165, 1.54) is 0 Å². The maximum absolute atomic E-state index is 13.8. The lowest BCUT2D eigenvalue weighted by atomic mass is 9.94. The van der Waals surface area contributed by atoms with Crippen LogP contribution in [0.5, 0.6) is 0 Å². The van der Waals surface area contributed by atoms with E-state index in [4.69, 9.17) is 21.3 Å². The number of nitrogens with one attached hydrogen (secondary N) is 1. The number of aryl methyl sites for hydroxylation is 2. The molecule has 0 atom stereocenters. The lowest BCUT2D eigenvalue weighted by molar-refractivity contribution is -0.126. The van der Waals surface area contributed by atoms with Crippen molar-refractivity contribution >= 4 is 40.6 Å². The highest BCUT2D eigenvalue weighted by Crippen LogP contribution is 2.52. The van der Waals surface area contributed by atoms with Crippen molar-refractivity contribution in [3.05, 3.63) is 74.9 Å². The Kier molecular flexibility index (Phi) is 5.17. The van der Waals surface area contributed by atoms with Crippen LogP contribution in [0.15, 0.2) is 42.7 Å². The van der Waals surface area contributed by atoms with Gasteiger partial charge in [0.15, 0.2) is 0 Å². The van der Waals surface area contributed by atoms with Crippen molar-refractivity contribution in [3.8, 4) is 10.6 Å². The van der Waals surface area contributed by atoms with E-state index in [9.17, 15) is 4.79 Å². The summed E-state index contributed by atoms with van der Waals surface area (Å²) in [5.74, 6) is 1.31. The molecule has 2 aliphatic heterocycles. The number of ether oxygens (including phenoxy) is 1. The van der Waals surface area contributed by atoms with Crippen molar-refractivity contribution in [1.82, 2.24) is 24.6 Å². The fraction of sp³-hybridized carbons (Fsp3) is 0.280. The van der Waals surface area contributed by atoms with E-state index in [1.54, 1.807) is 28.4 Å². The summed E-state index contributed by atoms with van der Waals surface area (Å²) in [6.07, 6.45) is 3.52. The SMILES string of the molecule is Cc1cnc(Nc2ccnn2C)nc1-c1sc2c(c1C)C(=O)N(Cc1cccc(Cl)c1)C21COC1. The summed E-state index contributed by atoms with van der Waals surface area (Å²) in [5, 5.41) is 8.06. The summed E-state index contributed by atoms with van der Waals surface area (Å²) in [4.78, 5) is 27.0. The molecule has 1 amide bonds. The molecule has 0 unspecified atom stereocenters. The third kappa shape index (κ3) is 3.45. The van der Waals surface area contributed by atoms with Crippen LogP contribution in [-0.4, -0.2) is 43.8 Å². The van der Waals surface area contributed by atoms with Gasteiger partial charge in [-0.25, -0.2) is 9.97 Å². The predicted octanol–water partition coefficient (Wildman–Crippen LogP) is 4.83. The van der Waals surface area contributed by atoms with E-state index in [-0.39, 0.29) is 5.91 Å². The van der Waals surface area contributed by atoms with Gasteiger partial charge in [-0.15, -0.1) is 11.3 Å². The molecular formula is C25H23ClN6O2S. The van der Waals surface area contributed by atoms with Crippen LogP contribution in [0.1, 0.15) is 31.9 Å². The standard InChI is InChI=1S/C25H23ClN6O2S/c1-14-10-27-24(29-18-7-8-28-31(18)3)30-20(14)21-15(2)19-22(35-21)25(12-34-13-25)32(23(19)33)11-16-5-4-6-17(26)9-16/h4-10H,11-13H2,1-3H3,(H,27,29,30). The molecule has 0 aliphatic carbocycles. The van der Waals surface area contributed by atoms with Crippen molar-refractivity contribution in [2.24, 2.45) is 7.05 Å². The summed E-state index contributed by atoms with van der Waals surface area (Å²) < 4.78 is 7.39. The number of hydrogen-bond donors (Lipinski definition) is 1. The van der Waals surface area contributed by atoms with Crippen molar-refractivity contribution in [2.75, 3.05) is 18.5 Å². The summed E-state index contributed by atoms with van der Waals surface area (Å²) in [6, 6.07) is 9.53. The summed E-state index contributed by atoms with van der Waals surface area (Å²) in [6.45, 7) is 5.46. The zero-order valence-electron chi connectivity index (χ0n) is 19.5. The number of hydrogen-bond acceptors (Lipinski definition) is 7. The van der Waals surface area contributed by atoms with Crippen LogP contribution in [-0.2, 0) is 23.9 Å². The highest BCUT2D eigenvalue weighted by molar-refractivity contribution is 7.16. The van der Waals surface area contributed by atoms with Crippen molar-refractivity contribution in [1.29, 1.82) is 0 Å². The molecule has 0 radical (unpaired) electrons. The first-order valence-electron chi connectivity index (χ1n) is 11.2. The van der Waals surface area contributed by atoms with Crippen LogP contribution in [0.2, 0.25) is 5.02 Å². The van der Waals surface area contributed by atoms with Crippen molar-refractivity contribution in [3.63, 3.8) is 0 Å². The highest BCUT2D eigenvalue weighted by Gasteiger charge is 2.57. The Bertz CT molecular complexity index is 1470. The molecule has 4 aromatic rings. The monoisotopic (exact) mass is 506 g/mol. The number of benzene rings is 1. The number of carbonyl (C=O) groups excluding carboxylic acids is 1. The van der Waals surface area contributed by atoms with Crippen LogP contribution in [0.3, 0.4) is 0 Å².